The smallest absolute Gasteiger partial charge is 0.307 e. The van der Waals surface area contributed by atoms with Gasteiger partial charge in [-0.15, -0.1) is 0 Å². The van der Waals surface area contributed by atoms with E-state index in [1.807, 2.05) is 0 Å². The third-order valence-corrected chi connectivity index (χ3v) is 1.56. The third-order valence-electron chi connectivity index (χ3n) is 1.56. The van der Waals surface area contributed by atoms with E-state index in [1.165, 1.54) is 0 Å². The van der Waals surface area contributed by atoms with Crippen LogP contribution in [0.25, 0.3) is 0 Å². The summed E-state index contributed by atoms with van der Waals surface area (Å²) in [6, 6.07) is 0. The van der Waals surface area contributed by atoms with Gasteiger partial charge in [-0.05, 0) is 6.42 Å². The molecule has 0 aromatic rings. The molecule has 1 unspecified atom stereocenters. The number of hydrogen-bond acceptors (Lipinski definition) is 3. The number of rotatable bonds is 7. The van der Waals surface area contributed by atoms with E-state index in [4.69, 9.17) is 14.0 Å². The fraction of sp³-hybridized carbons (Fsp3) is 0.818. The minimum Gasteiger partial charge on any atom is -0.481 e. The maximum atomic E-state index is 11.5. The lowest BCUT2D eigenvalue weighted by molar-refractivity contribution is -0.873. The number of quaternary nitrogens is 1. The lowest BCUT2D eigenvalue weighted by Crippen LogP contribution is -2.43. The second-order valence-corrected chi connectivity index (χ2v) is 4.53. The van der Waals surface area contributed by atoms with Crippen LogP contribution in [0.15, 0.2) is 0 Å². The molecule has 1 N–H and O–H groups in total. The van der Waals surface area contributed by atoms with Gasteiger partial charge in [-0.2, -0.15) is 0 Å². The highest BCUT2D eigenvalue weighted by Gasteiger charge is 2.24. The first kappa shape index (κ1) is 10.1. The number of nitrogens with zero attached hydrogens (tertiary/aromatic N) is 1. The van der Waals surface area contributed by atoms with Crippen LogP contribution in [0.4, 0.5) is 0 Å². The summed E-state index contributed by atoms with van der Waals surface area (Å²) in [7, 11) is 4.98. The molecule has 94 valence electrons. The summed E-state index contributed by atoms with van der Waals surface area (Å²) in [5.41, 5.74) is 0. The van der Waals surface area contributed by atoms with Crippen LogP contribution in [0.3, 0.4) is 0 Å². The van der Waals surface area contributed by atoms with Crippen molar-refractivity contribution >= 4 is 11.9 Å². The molecule has 5 heteroatoms. The van der Waals surface area contributed by atoms with Crippen LogP contribution in [0, 0.1) is 0 Å². The maximum absolute atomic E-state index is 11.5. The summed E-state index contributed by atoms with van der Waals surface area (Å²) in [5.74, 6) is -2.59. The molecule has 16 heavy (non-hydrogen) atoms. The van der Waals surface area contributed by atoms with E-state index in [0.29, 0.717) is 6.42 Å². The molecule has 0 spiro atoms. The van der Waals surface area contributed by atoms with E-state index in [9.17, 15) is 9.59 Å². The molecule has 0 aliphatic heterocycles. The van der Waals surface area contributed by atoms with Crippen molar-refractivity contribution in [2.24, 2.45) is 0 Å². The molecule has 0 amide bonds. The quantitative estimate of drug-likeness (QED) is 0.525. The Hall–Kier alpha value is -1.10. The Labute approximate surface area is 101 Å². The number of ether oxygens (including phenoxy) is 1. The van der Waals surface area contributed by atoms with E-state index in [1.54, 1.807) is 28.1 Å². The Morgan fingerprint density at radius 3 is 2.44 bits per heavy atom. The molecule has 0 radical (unpaired) electrons. The van der Waals surface area contributed by atoms with Crippen molar-refractivity contribution in [2.75, 3.05) is 27.7 Å². The Balaban J connectivity index is 5.36. The molecule has 0 aliphatic carbocycles. The summed E-state index contributed by atoms with van der Waals surface area (Å²) in [6.45, 7) is 1.46. The minimum atomic E-state index is -2.98. The van der Waals surface area contributed by atoms with Crippen molar-refractivity contribution in [3.05, 3.63) is 0 Å². The minimum absolute atomic E-state index is 0.0213. The van der Waals surface area contributed by atoms with Crippen molar-refractivity contribution < 1.29 is 28.0 Å². The van der Waals surface area contributed by atoms with Gasteiger partial charge in [-0.25, -0.2) is 0 Å². The number of carbonyl (C=O) groups excluding carboxylic acids is 1. The largest absolute Gasteiger partial charge is 0.481 e. The van der Waals surface area contributed by atoms with Gasteiger partial charge in [0.05, 0.1) is 28.9 Å². The molecule has 0 bridgehead atoms. The van der Waals surface area contributed by atoms with E-state index in [-0.39, 0.29) is 17.4 Å². The lowest BCUT2D eigenvalue weighted by Gasteiger charge is -2.28. The molecule has 0 heterocycles. The SMILES string of the molecule is [2H]C(C[N+](C)(C)C)(OC(=O)CCC)C([2H])([2H])C(=O)O. The summed E-state index contributed by atoms with van der Waals surface area (Å²) < 4.78 is 28.0. The number of likely N-dealkylation sites (N-methyl/N-ethyl adjacent to an activating group) is 1. The van der Waals surface area contributed by atoms with Crippen molar-refractivity contribution in [2.45, 2.75) is 32.2 Å². The molecule has 0 rings (SSSR count). The molecule has 0 aromatic heterocycles. The predicted molar refractivity (Wildman–Crippen MR) is 59.9 cm³/mol. The first-order valence-electron chi connectivity index (χ1n) is 6.61. The van der Waals surface area contributed by atoms with Crippen LogP contribution in [-0.2, 0) is 14.3 Å². The normalized spacial score (nSPS) is 18.9. The van der Waals surface area contributed by atoms with Gasteiger partial charge in [0, 0.05) is 9.16 Å². The fourth-order valence-electron chi connectivity index (χ4n) is 1.04. The van der Waals surface area contributed by atoms with Crippen molar-refractivity contribution in [1.82, 2.24) is 0 Å². The van der Waals surface area contributed by atoms with Gasteiger partial charge in [0.25, 0.3) is 0 Å². The van der Waals surface area contributed by atoms with Gasteiger partial charge in [0.15, 0.2) is 6.08 Å². The Kier molecular flexibility index (Phi) is 4.08. The summed E-state index contributed by atoms with van der Waals surface area (Å²) in [5, 5.41) is 8.92. The predicted octanol–water partition coefficient (Wildman–Crippen LogP) is 0.879. The maximum Gasteiger partial charge on any atom is 0.307 e. The first-order valence-corrected chi connectivity index (χ1v) is 5.11. The number of carboxylic acids is 1. The topological polar surface area (TPSA) is 63.6 Å². The van der Waals surface area contributed by atoms with Crippen molar-refractivity contribution in [1.29, 1.82) is 0 Å². The molecular formula is C11H22NO4+. The van der Waals surface area contributed by atoms with Gasteiger partial charge < -0.3 is 14.3 Å². The molecule has 0 fully saturated rings. The zero-order valence-corrected chi connectivity index (χ0v) is 10.2. The van der Waals surface area contributed by atoms with E-state index < -0.39 is 24.4 Å². The number of carboxylic acid groups (broad SMARTS) is 1. The average molecular weight is 235 g/mol. The summed E-state index contributed by atoms with van der Waals surface area (Å²) in [6.07, 6.45) is -4.95. The van der Waals surface area contributed by atoms with E-state index in [2.05, 4.69) is 0 Å². The molecule has 5 nitrogen and oxygen atoms in total. The highest BCUT2D eigenvalue weighted by atomic mass is 16.5. The van der Waals surface area contributed by atoms with E-state index in [0.717, 1.165) is 0 Å². The Morgan fingerprint density at radius 1 is 1.50 bits per heavy atom. The third kappa shape index (κ3) is 8.23. The second kappa shape index (κ2) is 6.48. The zero-order chi connectivity index (χ0) is 15.5. The summed E-state index contributed by atoms with van der Waals surface area (Å²) in [4.78, 5) is 22.5. The summed E-state index contributed by atoms with van der Waals surface area (Å²) >= 11 is 0. The van der Waals surface area contributed by atoms with Crippen molar-refractivity contribution in [3.63, 3.8) is 0 Å². The van der Waals surface area contributed by atoms with Gasteiger partial charge in [-0.1, -0.05) is 6.92 Å². The molecule has 0 aromatic carbocycles. The zero-order valence-electron chi connectivity index (χ0n) is 13.2. The van der Waals surface area contributed by atoms with Crippen LogP contribution < -0.4 is 0 Å². The van der Waals surface area contributed by atoms with Crippen LogP contribution >= 0.6 is 0 Å². The average Bonchev–Trinajstić information content (AvgIpc) is 2.13. The van der Waals surface area contributed by atoms with Crippen LogP contribution in [0.1, 0.15) is 30.3 Å². The second-order valence-electron chi connectivity index (χ2n) is 4.53. The van der Waals surface area contributed by atoms with Gasteiger partial charge in [0.1, 0.15) is 6.54 Å². The molecule has 0 saturated heterocycles. The molecule has 1 atom stereocenters. The first-order chi connectivity index (χ1) is 8.35. The van der Waals surface area contributed by atoms with Gasteiger partial charge in [-0.3, -0.25) is 9.59 Å². The number of carbonyl (C=O) groups is 2. The molecule has 0 aliphatic rings. The van der Waals surface area contributed by atoms with Crippen LogP contribution in [0.2, 0.25) is 0 Å². The highest BCUT2D eigenvalue weighted by molar-refractivity contribution is 5.71. The number of hydrogen-bond donors (Lipinski definition) is 1. The van der Waals surface area contributed by atoms with Crippen LogP contribution in [-0.4, -0.2) is 55.3 Å². The van der Waals surface area contributed by atoms with Gasteiger partial charge >= 0.3 is 11.9 Å². The van der Waals surface area contributed by atoms with Gasteiger partial charge in [0.2, 0.25) is 0 Å². The fourth-order valence-corrected chi connectivity index (χ4v) is 1.04. The Bertz CT molecular complexity index is 354. The standard InChI is InChI=1S/C11H21NO4/c1-5-6-11(15)16-9(7-10(13)14)8-12(2,3)4/h9H,5-8H2,1-4H3/p+1/i7D2,9D. The van der Waals surface area contributed by atoms with E-state index >= 15 is 0 Å². The number of aliphatic carboxylic acids is 1. The lowest BCUT2D eigenvalue weighted by atomic mass is 10.2. The molecular weight excluding hydrogens is 210 g/mol. The van der Waals surface area contributed by atoms with Crippen molar-refractivity contribution in [3.8, 4) is 0 Å². The molecule has 0 saturated carbocycles. The highest BCUT2D eigenvalue weighted by Crippen LogP contribution is 2.07. The van der Waals surface area contributed by atoms with Crippen LogP contribution in [0.5, 0.6) is 0 Å². The Morgan fingerprint density at radius 2 is 2.06 bits per heavy atom. The number of esters is 1. The monoisotopic (exact) mass is 235 g/mol.